The van der Waals surface area contributed by atoms with Crippen LogP contribution in [0.15, 0.2) is 18.2 Å². The number of aryl methyl sites for hydroxylation is 1. The van der Waals surface area contributed by atoms with Gasteiger partial charge in [0.05, 0.1) is 6.61 Å². The summed E-state index contributed by atoms with van der Waals surface area (Å²) in [6.45, 7) is 1.28. The highest BCUT2D eigenvalue weighted by Gasteiger charge is 2.20. The number of carbonyl (C=O) groups excluding carboxylic acids is 1. The summed E-state index contributed by atoms with van der Waals surface area (Å²) in [5.74, 6) is 1.04. The van der Waals surface area contributed by atoms with Gasteiger partial charge in [-0.1, -0.05) is 0 Å². The average molecular weight is 234 g/mol. The Balaban J connectivity index is 2.12. The number of anilines is 1. The van der Waals surface area contributed by atoms with Crippen LogP contribution in [0.3, 0.4) is 0 Å². The second kappa shape index (κ2) is 5.19. The monoisotopic (exact) mass is 234 g/mol. The van der Waals surface area contributed by atoms with Gasteiger partial charge in [-0.15, -0.1) is 0 Å². The molecule has 1 amide bonds. The fourth-order valence-corrected chi connectivity index (χ4v) is 2.00. The first-order valence-corrected chi connectivity index (χ1v) is 5.94. The molecule has 0 fully saturated rings. The van der Waals surface area contributed by atoms with E-state index >= 15 is 0 Å². The van der Waals surface area contributed by atoms with Gasteiger partial charge in [0.15, 0.2) is 0 Å². The first kappa shape index (κ1) is 11.9. The molecule has 1 aromatic rings. The molecule has 0 atom stereocenters. The predicted octanol–water partition coefficient (Wildman–Crippen LogP) is 1.32. The van der Waals surface area contributed by atoms with Gasteiger partial charge in [-0.25, -0.2) is 0 Å². The molecule has 1 aliphatic rings. The molecule has 0 aliphatic carbocycles. The van der Waals surface area contributed by atoms with Crippen molar-refractivity contribution in [3.8, 4) is 5.75 Å². The minimum absolute atomic E-state index is 0.175. The Hall–Kier alpha value is -1.55. The lowest BCUT2D eigenvalue weighted by molar-refractivity contribution is -0.118. The van der Waals surface area contributed by atoms with Crippen LogP contribution in [0.5, 0.6) is 5.75 Å². The van der Waals surface area contributed by atoms with Crippen LogP contribution < -0.4 is 15.4 Å². The molecule has 2 rings (SSSR count). The summed E-state index contributed by atoms with van der Waals surface area (Å²) < 4.78 is 5.59. The number of amides is 1. The van der Waals surface area contributed by atoms with Crippen molar-refractivity contribution in [2.45, 2.75) is 19.3 Å². The summed E-state index contributed by atoms with van der Waals surface area (Å²) in [7, 11) is 1.81. The third kappa shape index (κ3) is 2.58. The molecular weight excluding hydrogens is 216 g/mol. The lowest BCUT2D eigenvalue weighted by Gasteiger charge is -2.26. The van der Waals surface area contributed by atoms with E-state index in [-0.39, 0.29) is 5.91 Å². The smallest absolute Gasteiger partial charge is 0.227 e. The van der Waals surface area contributed by atoms with Gasteiger partial charge in [0, 0.05) is 19.2 Å². The van der Waals surface area contributed by atoms with Crippen LogP contribution in [0.1, 0.15) is 18.4 Å². The maximum atomic E-state index is 11.5. The van der Waals surface area contributed by atoms with Crippen LogP contribution in [0, 0.1) is 0 Å². The van der Waals surface area contributed by atoms with Crippen molar-refractivity contribution in [3.05, 3.63) is 23.8 Å². The largest absolute Gasteiger partial charge is 0.494 e. The molecule has 0 saturated carbocycles. The Kier molecular flexibility index (Phi) is 3.64. The van der Waals surface area contributed by atoms with Gasteiger partial charge < -0.3 is 15.4 Å². The van der Waals surface area contributed by atoms with E-state index in [1.807, 2.05) is 25.2 Å². The van der Waals surface area contributed by atoms with Crippen LogP contribution in [-0.4, -0.2) is 26.1 Å². The Morgan fingerprint density at radius 1 is 1.41 bits per heavy atom. The zero-order chi connectivity index (χ0) is 12.3. The Morgan fingerprint density at radius 2 is 2.24 bits per heavy atom. The van der Waals surface area contributed by atoms with E-state index in [4.69, 9.17) is 10.5 Å². The van der Waals surface area contributed by atoms with E-state index in [0.29, 0.717) is 19.6 Å². The molecule has 0 saturated heterocycles. The van der Waals surface area contributed by atoms with Gasteiger partial charge in [-0.05, 0) is 43.1 Å². The molecule has 0 spiro atoms. The third-order valence-electron chi connectivity index (χ3n) is 3.01. The zero-order valence-corrected chi connectivity index (χ0v) is 10.1. The number of nitrogens with zero attached hydrogens (tertiary/aromatic N) is 1. The van der Waals surface area contributed by atoms with Crippen molar-refractivity contribution in [3.63, 3.8) is 0 Å². The van der Waals surface area contributed by atoms with Crippen LogP contribution in [0.4, 0.5) is 5.69 Å². The molecule has 4 nitrogen and oxygen atoms in total. The highest BCUT2D eigenvalue weighted by Crippen LogP contribution is 2.30. The van der Waals surface area contributed by atoms with Crippen molar-refractivity contribution in [2.24, 2.45) is 5.73 Å². The number of hydrogen-bond acceptors (Lipinski definition) is 3. The van der Waals surface area contributed by atoms with Crippen molar-refractivity contribution in [2.75, 3.05) is 25.1 Å². The molecule has 0 unspecified atom stereocenters. The molecule has 92 valence electrons. The fraction of sp³-hybridized carbons (Fsp3) is 0.462. The summed E-state index contributed by atoms with van der Waals surface area (Å²) in [5, 5.41) is 0. The molecule has 17 heavy (non-hydrogen) atoms. The van der Waals surface area contributed by atoms with Crippen molar-refractivity contribution >= 4 is 11.6 Å². The van der Waals surface area contributed by atoms with Crippen molar-refractivity contribution in [1.82, 2.24) is 0 Å². The van der Waals surface area contributed by atoms with E-state index in [1.165, 1.54) is 5.56 Å². The lowest BCUT2D eigenvalue weighted by atomic mass is 10.0. The fourth-order valence-electron chi connectivity index (χ4n) is 2.00. The van der Waals surface area contributed by atoms with Gasteiger partial charge in [-0.2, -0.15) is 0 Å². The van der Waals surface area contributed by atoms with E-state index in [2.05, 4.69) is 0 Å². The molecule has 1 aliphatic heterocycles. The van der Waals surface area contributed by atoms with Crippen molar-refractivity contribution < 1.29 is 9.53 Å². The summed E-state index contributed by atoms with van der Waals surface area (Å²) in [6, 6.07) is 5.88. The molecule has 1 heterocycles. The Morgan fingerprint density at radius 3 is 3.00 bits per heavy atom. The number of ether oxygens (including phenoxy) is 1. The van der Waals surface area contributed by atoms with E-state index in [9.17, 15) is 4.79 Å². The topological polar surface area (TPSA) is 55.6 Å². The second-order valence-electron chi connectivity index (χ2n) is 4.23. The molecule has 4 heteroatoms. The summed E-state index contributed by atoms with van der Waals surface area (Å²) in [4.78, 5) is 13.2. The molecule has 0 bridgehead atoms. The average Bonchev–Trinajstić information content (AvgIpc) is 2.34. The number of hydrogen-bond donors (Lipinski definition) is 1. The van der Waals surface area contributed by atoms with Gasteiger partial charge in [0.1, 0.15) is 5.75 Å². The van der Waals surface area contributed by atoms with E-state index in [1.54, 1.807) is 4.90 Å². The molecule has 0 aromatic heterocycles. The Labute approximate surface area is 101 Å². The number of nitrogens with two attached hydrogens (primary N) is 1. The van der Waals surface area contributed by atoms with Crippen molar-refractivity contribution in [1.29, 1.82) is 0 Å². The first-order valence-electron chi connectivity index (χ1n) is 5.94. The maximum absolute atomic E-state index is 11.5. The molecule has 0 radical (unpaired) electrons. The first-order chi connectivity index (χ1) is 8.22. The normalized spacial score (nSPS) is 14.7. The number of carbonyl (C=O) groups is 1. The van der Waals surface area contributed by atoms with Crippen LogP contribution in [0.25, 0.3) is 0 Å². The quantitative estimate of drug-likeness (QED) is 0.799. The van der Waals surface area contributed by atoms with E-state index < -0.39 is 0 Å². The zero-order valence-electron chi connectivity index (χ0n) is 10.1. The third-order valence-corrected chi connectivity index (χ3v) is 3.01. The standard InChI is InChI=1S/C13H18N2O2/c1-15-12-5-4-11(17-8-2-7-14)9-10(12)3-6-13(15)16/h4-5,9H,2-3,6-8,14H2,1H3. The van der Waals surface area contributed by atoms with Gasteiger partial charge in [0.2, 0.25) is 5.91 Å². The number of rotatable bonds is 4. The predicted molar refractivity (Wildman–Crippen MR) is 67.3 cm³/mol. The molecular formula is C13H18N2O2. The van der Waals surface area contributed by atoms with Gasteiger partial charge >= 0.3 is 0 Å². The second-order valence-corrected chi connectivity index (χ2v) is 4.23. The summed E-state index contributed by atoms with van der Waals surface area (Å²) in [5.41, 5.74) is 7.58. The van der Waals surface area contributed by atoms with Crippen LogP contribution in [-0.2, 0) is 11.2 Å². The summed E-state index contributed by atoms with van der Waals surface area (Å²) in [6.07, 6.45) is 2.23. The molecule has 2 N–H and O–H groups in total. The van der Waals surface area contributed by atoms with Crippen LogP contribution in [0.2, 0.25) is 0 Å². The Bertz CT molecular complexity index is 418. The highest BCUT2D eigenvalue weighted by molar-refractivity contribution is 5.95. The maximum Gasteiger partial charge on any atom is 0.227 e. The number of benzene rings is 1. The lowest BCUT2D eigenvalue weighted by Crippen LogP contribution is -2.30. The van der Waals surface area contributed by atoms with E-state index in [0.717, 1.165) is 24.3 Å². The van der Waals surface area contributed by atoms with Crippen LogP contribution >= 0.6 is 0 Å². The van der Waals surface area contributed by atoms with Gasteiger partial charge in [-0.3, -0.25) is 4.79 Å². The minimum atomic E-state index is 0.175. The summed E-state index contributed by atoms with van der Waals surface area (Å²) >= 11 is 0. The van der Waals surface area contributed by atoms with Gasteiger partial charge in [0.25, 0.3) is 0 Å². The minimum Gasteiger partial charge on any atom is -0.494 e. The molecule has 1 aromatic carbocycles. The SMILES string of the molecule is CN1C(=O)CCc2cc(OCCCN)ccc21. The number of fused-ring (bicyclic) bond motifs is 1. The highest BCUT2D eigenvalue weighted by atomic mass is 16.5.